The van der Waals surface area contributed by atoms with Crippen LogP contribution >= 0.6 is 0 Å². The molecule has 0 aliphatic heterocycles. The molecule has 2 aromatic carbocycles. The van der Waals surface area contributed by atoms with Crippen molar-refractivity contribution >= 4 is 5.91 Å². The molecule has 3 heteroatoms. The van der Waals surface area contributed by atoms with E-state index in [1.807, 2.05) is 56.3 Å². The molecule has 0 unspecified atom stereocenters. The number of hydrogen-bond acceptors (Lipinski definition) is 2. The number of aryl methyl sites for hydroxylation is 1. The first-order chi connectivity index (χ1) is 9.63. The van der Waals surface area contributed by atoms with E-state index in [0.29, 0.717) is 6.54 Å². The highest BCUT2D eigenvalue weighted by Gasteiger charge is 2.10. The summed E-state index contributed by atoms with van der Waals surface area (Å²) in [6.45, 7) is 4.43. The minimum atomic E-state index is -0.0582. The monoisotopic (exact) mass is 269 g/mol. The van der Waals surface area contributed by atoms with Crippen LogP contribution in [0.25, 0.3) is 0 Å². The van der Waals surface area contributed by atoms with E-state index in [1.54, 1.807) is 7.11 Å². The molecule has 0 bridgehead atoms. The molecule has 2 aromatic rings. The normalized spacial score (nSPS) is 10.2. The largest absolute Gasteiger partial charge is 0.496 e. The van der Waals surface area contributed by atoms with Crippen molar-refractivity contribution in [3.05, 3.63) is 64.7 Å². The second-order valence-corrected chi connectivity index (χ2v) is 4.74. The topological polar surface area (TPSA) is 38.3 Å². The average molecular weight is 269 g/mol. The molecule has 0 radical (unpaired) electrons. The molecule has 1 amide bonds. The van der Waals surface area contributed by atoms with Gasteiger partial charge in [-0.05, 0) is 37.1 Å². The van der Waals surface area contributed by atoms with E-state index in [-0.39, 0.29) is 5.91 Å². The molecule has 2 rings (SSSR count). The molecule has 1 N–H and O–H groups in total. The van der Waals surface area contributed by atoms with E-state index in [4.69, 9.17) is 4.74 Å². The minimum absolute atomic E-state index is 0.0582. The number of carbonyl (C=O) groups excluding carboxylic acids is 1. The van der Waals surface area contributed by atoms with Gasteiger partial charge < -0.3 is 10.1 Å². The number of methoxy groups -OCH3 is 1. The number of benzene rings is 2. The van der Waals surface area contributed by atoms with E-state index < -0.39 is 0 Å². The minimum Gasteiger partial charge on any atom is -0.496 e. The van der Waals surface area contributed by atoms with Gasteiger partial charge in [0.25, 0.3) is 5.91 Å². The Morgan fingerprint density at radius 2 is 1.85 bits per heavy atom. The van der Waals surface area contributed by atoms with E-state index in [2.05, 4.69) is 5.32 Å². The smallest absolute Gasteiger partial charge is 0.251 e. The molecule has 0 saturated heterocycles. The van der Waals surface area contributed by atoms with Crippen LogP contribution in [0.5, 0.6) is 5.75 Å². The van der Waals surface area contributed by atoms with E-state index >= 15 is 0 Å². The van der Waals surface area contributed by atoms with E-state index in [9.17, 15) is 4.79 Å². The first-order valence-electron chi connectivity index (χ1n) is 6.59. The summed E-state index contributed by atoms with van der Waals surface area (Å²) in [5, 5.41) is 2.94. The fourth-order valence-corrected chi connectivity index (χ4v) is 2.12. The first-order valence-corrected chi connectivity index (χ1v) is 6.59. The first kappa shape index (κ1) is 14.1. The summed E-state index contributed by atoms with van der Waals surface area (Å²) in [4.78, 5) is 12.2. The van der Waals surface area contributed by atoms with Gasteiger partial charge in [0.2, 0.25) is 0 Å². The van der Waals surface area contributed by atoms with Crippen molar-refractivity contribution in [1.29, 1.82) is 0 Å². The predicted octanol–water partition coefficient (Wildman–Crippen LogP) is 3.24. The van der Waals surface area contributed by atoms with Crippen molar-refractivity contribution in [2.24, 2.45) is 0 Å². The van der Waals surface area contributed by atoms with Crippen molar-refractivity contribution in [3.63, 3.8) is 0 Å². The molecule has 3 nitrogen and oxygen atoms in total. The fraction of sp³-hybridized carbons (Fsp3) is 0.235. The molecular weight excluding hydrogens is 250 g/mol. The molecule has 0 aromatic heterocycles. The highest BCUT2D eigenvalue weighted by atomic mass is 16.5. The van der Waals surface area contributed by atoms with Crippen molar-refractivity contribution in [3.8, 4) is 5.75 Å². The molecule has 104 valence electrons. The lowest BCUT2D eigenvalue weighted by Crippen LogP contribution is -2.24. The zero-order valence-electron chi connectivity index (χ0n) is 12.1. The lowest BCUT2D eigenvalue weighted by Gasteiger charge is -2.11. The lowest BCUT2D eigenvalue weighted by atomic mass is 10.0. The highest BCUT2D eigenvalue weighted by molar-refractivity contribution is 5.95. The van der Waals surface area contributed by atoms with Gasteiger partial charge >= 0.3 is 0 Å². The number of rotatable bonds is 4. The van der Waals surface area contributed by atoms with Crippen LogP contribution < -0.4 is 10.1 Å². The zero-order valence-corrected chi connectivity index (χ0v) is 12.1. The van der Waals surface area contributed by atoms with Crippen LogP contribution in [0.2, 0.25) is 0 Å². The number of hydrogen-bond donors (Lipinski definition) is 1. The Balaban J connectivity index is 2.11. The number of carbonyl (C=O) groups is 1. The highest BCUT2D eigenvalue weighted by Crippen LogP contribution is 2.17. The van der Waals surface area contributed by atoms with Gasteiger partial charge in [-0.15, -0.1) is 0 Å². The third-order valence-corrected chi connectivity index (χ3v) is 3.48. The van der Waals surface area contributed by atoms with Crippen LogP contribution in [0.4, 0.5) is 0 Å². The summed E-state index contributed by atoms with van der Waals surface area (Å²) in [7, 11) is 1.63. The molecule has 0 fully saturated rings. The van der Waals surface area contributed by atoms with Crippen LogP contribution in [0, 0.1) is 13.8 Å². The third-order valence-electron chi connectivity index (χ3n) is 3.48. The number of nitrogens with one attached hydrogen (secondary N) is 1. The van der Waals surface area contributed by atoms with Gasteiger partial charge in [-0.25, -0.2) is 0 Å². The van der Waals surface area contributed by atoms with Gasteiger partial charge in [0.1, 0.15) is 5.75 Å². The summed E-state index contributed by atoms with van der Waals surface area (Å²) >= 11 is 0. The molecule has 0 saturated carbocycles. The van der Waals surface area contributed by atoms with Gasteiger partial charge in [-0.3, -0.25) is 4.79 Å². The molecule has 0 spiro atoms. The average Bonchev–Trinajstić information content (AvgIpc) is 2.48. The molecule has 0 atom stereocenters. The van der Waals surface area contributed by atoms with Crippen LogP contribution in [0.15, 0.2) is 42.5 Å². The Labute approximate surface area is 119 Å². The molecule has 20 heavy (non-hydrogen) atoms. The summed E-state index contributed by atoms with van der Waals surface area (Å²) in [5.74, 6) is 0.728. The van der Waals surface area contributed by atoms with E-state index in [0.717, 1.165) is 28.0 Å². The number of para-hydroxylation sites is 1. The fourth-order valence-electron chi connectivity index (χ4n) is 2.12. The van der Waals surface area contributed by atoms with Gasteiger partial charge in [-0.2, -0.15) is 0 Å². The van der Waals surface area contributed by atoms with Crippen molar-refractivity contribution in [2.45, 2.75) is 20.4 Å². The number of amides is 1. The van der Waals surface area contributed by atoms with Gasteiger partial charge in [0.05, 0.1) is 7.11 Å². The van der Waals surface area contributed by atoms with Gasteiger partial charge in [0.15, 0.2) is 0 Å². The van der Waals surface area contributed by atoms with Gasteiger partial charge in [-0.1, -0.05) is 30.3 Å². The Morgan fingerprint density at radius 3 is 2.60 bits per heavy atom. The maximum absolute atomic E-state index is 12.2. The Morgan fingerprint density at radius 1 is 1.10 bits per heavy atom. The van der Waals surface area contributed by atoms with Gasteiger partial charge in [0, 0.05) is 17.7 Å². The Kier molecular flexibility index (Phi) is 4.41. The maximum atomic E-state index is 12.2. The zero-order chi connectivity index (χ0) is 14.5. The van der Waals surface area contributed by atoms with Crippen LogP contribution in [-0.2, 0) is 6.54 Å². The summed E-state index contributed by atoms with van der Waals surface area (Å²) < 4.78 is 5.27. The summed E-state index contributed by atoms with van der Waals surface area (Å²) in [6, 6.07) is 13.4. The standard InChI is InChI=1S/C17H19NO2/c1-12-7-6-9-15(13(12)2)17(19)18-11-14-8-4-5-10-16(14)20-3/h4-10H,11H2,1-3H3,(H,18,19). The third kappa shape index (κ3) is 2.99. The Hall–Kier alpha value is -2.29. The second kappa shape index (κ2) is 6.24. The summed E-state index contributed by atoms with van der Waals surface area (Å²) in [6.07, 6.45) is 0. The van der Waals surface area contributed by atoms with E-state index in [1.165, 1.54) is 0 Å². The number of ether oxygens (including phenoxy) is 1. The second-order valence-electron chi connectivity index (χ2n) is 4.74. The van der Waals surface area contributed by atoms with Crippen molar-refractivity contribution in [1.82, 2.24) is 5.32 Å². The van der Waals surface area contributed by atoms with Crippen LogP contribution in [-0.4, -0.2) is 13.0 Å². The van der Waals surface area contributed by atoms with Crippen LogP contribution in [0.3, 0.4) is 0 Å². The van der Waals surface area contributed by atoms with Crippen molar-refractivity contribution < 1.29 is 9.53 Å². The Bertz CT molecular complexity index is 620. The van der Waals surface area contributed by atoms with Crippen LogP contribution in [0.1, 0.15) is 27.0 Å². The van der Waals surface area contributed by atoms with Crippen molar-refractivity contribution in [2.75, 3.05) is 7.11 Å². The molecule has 0 aliphatic carbocycles. The molecular formula is C17H19NO2. The maximum Gasteiger partial charge on any atom is 0.251 e. The molecule has 0 aliphatic rings. The lowest BCUT2D eigenvalue weighted by molar-refractivity contribution is 0.0950. The molecule has 0 heterocycles. The predicted molar refractivity (Wildman–Crippen MR) is 80.1 cm³/mol. The summed E-state index contributed by atoms with van der Waals surface area (Å²) in [5.41, 5.74) is 3.83. The SMILES string of the molecule is COc1ccccc1CNC(=O)c1cccc(C)c1C. The quantitative estimate of drug-likeness (QED) is 0.925.